The zero-order valence-corrected chi connectivity index (χ0v) is 20.3. The molecule has 4 aromatic rings. The number of hydrogen-bond donors (Lipinski definition) is 0. The van der Waals surface area contributed by atoms with E-state index in [4.69, 9.17) is 4.74 Å². The molecule has 0 saturated carbocycles. The average molecular weight is 490 g/mol. The van der Waals surface area contributed by atoms with Gasteiger partial charge in [-0.3, -0.25) is 14.4 Å². The van der Waals surface area contributed by atoms with Crippen LogP contribution in [0.1, 0.15) is 64.2 Å². The van der Waals surface area contributed by atoms with E-state index in [1.807, 2.05) is 38.1 Å². The van der Waals surface area contributed by atoms with Crippen molar-refractivity contribution < 1.29 is 23.9 Å². The number of nitrogens with zero attached hydrogens (tertiary/aromatic N) is 1. The van der Waals surface area contributed by atoms with Gasteiger partial charge in [-0.2, -0.15) is 0 Å². The van der Waals surface area contributed by atoms with Crippen molar-refractivity contribution >= 4 is 29.3 Å². The molecule has 0 unspecified atom stereocenters. The fourth-order valence-electron chi connectivity index (χ4n) is 4.31. The lowest BCUT2D eigenvalue weighted by molar-refractivity contribution is 0.0280. The number of ether oxygens (including phenoxy) is 1. The number of ketones is 1. The predicted octanol–water partition coefficient (Wildman–Crippen LogP) is 5.89. The lowest BCUT2D eigenvalue weighted by Crippen LogP contribution is -2.29. The predicted molar refractivity (Wildman–Crippen MR) is 139 cm³/mol. The van der Waals surface area contributed by atoms with Gasteiger partial charge in [-0.05, 0) is 49.7 Å². The molecule has 37 heavy (non-hydrogen) atoms. The number of esters is 1. The summed E-state index contributed by atoms with van der Waals surface area (Å²) in [5.41, 5.74) is 3.70. The Balaban J connectivity index is 1.45. The molecule has 1 aliphatic heterocycles. The van der Waals surface area contributed by atoms with Crippen LogP contribution in [0.5, 0.6) is 0 Å². The molecule has 4 aromatic carbocycles. The van der Waals surface area contributed by atoms with Crippen molar-refractivity contribution in [2.45, 2.75) is 20.0 Å². The lowest BCUT2D eigenvalue weighted by atomic mass is 9.99. The number of hydrogen-bond acceptors (Lipinski definition) is 5. The largest absolute Gasteiger partial charge is 0.445 e. The third kappa shape index (κ3) is 4.57. The summed E-state index contributed by atoms with van der Waals surface area (Å²) >= 11 is 0. The highest BCUT2D eigenvalue weighted by molar-refractivity contribution is 6.34. The Labute approximate surface area is 214 Å². The quantitative estimate of drug-likeness (QED) is 0.192. The Morgan fingerprint density at radius 2 is 1.35 bits per heavy atom. The van der Waals surface area contributed by atoms with Crippen molar-refractivity contribution in [2.75, 3.05) is 4.90 Å². The number of benzene rings is 4. The molecule has 6 heteroatoms. The molecular weight excluding hydrogens is 466 g/mol. The highest BCUT2D eigenvalue weighted by atomic mass is 16.5. The molecular formula is C31H23NO5. The first kappa shape index (κ1) is 23.9. The van der Waals surface area contributed by atoms with E-state index < -0.39 is 23.9 Å². The van der Waals surface area contributed by atoms with Crippen LogP contribution in [0.3, 0.4) is 0 Å². The Morgan fingerprint density at radius 1 is 0.676 bits per heavy atom. The highest BCUT2D eigenvalue weighted by Gasteiger charge is 2.37. The van der Waals surface area contributed by atoms with Crippen LogP contribution in [0, 0.1) is 13.8 Å². The molecule has 1 heterocycles. The minimum absolute atomic E-state index is 0.0728. The Bertz CT molecular complexity index is 1540. The van der Waals surface area contributed by atoms with Crippen molar-refractivity contribution in [3.8, 4) is 0 Å². The second-order valence-electron chi connectivity index (χ2n) is 8.97. The number of carbonyl (C=O) groups excluding carboxylic acids is 4. The van der Waals surface area contributed by atoms with Gasteiger partial charge in [0.25, 0.3) is 11.8 Å². The second kappa shape index (κ2) is 9.66. The minimum atomic E-state index is -1.18. The molecule has 6 nitrogen and oxygen atoms in total. The first-order valence-corrected chi connectivity index (χ1v) is 11.8. The molecule has 0 fully saturated rings. The van der Waals surface area contributed by atoms with E-state index in [1.165, 1.54) is 18.2 Å². The molecule has 0 aliphatic carbocycles. The second-order valence-corrected chi connectivity index (χ2v) is 8.97. The van der Waals surface area contributed by atoms with Crippen LogP contribution in [0.15, 0.2) is 97.1 Å². The minimum Gasteiger partial charge on any atom is -0.445 e. The van der Waals surface area contributed by atoms with Gasteiger partial charge in [-0.1, -0.05) is 72.3 Å². The van der Waals surface area contributed by atoms with E-state index in [1.54, 1.807) is 54.6 Å². The zero-order chi connectivity index (χ0) is 26.1. The van der Waals surface area contributed by atoms with Crippen molar-refractivity contribution in [2.24, 2.45) is 0 Å². The SMILES string of the molecule is Cc1ccc(C(=O)[C@@H](OC(=O)c2ccc3c(c2)C(=O)N(c2cccc(C)c2)C3=O)c2ccccc2)cc1. The van der Waals surface area contributed by atoms with E-state index in [0.29, 0.717) is 16.8 Å². The summed E-state index contributed by atoms with van der Waals surface area (Å²) in [7, 11) is 0. The van der Waals surface area contributed by atoms with Gasteiger partial charge in [0.05, 0.1) is 22.4 Å². The number of amides is 2. The van der Waals surface area contributed by atoms with Crippen molar-refractivity contribution in [3.05, 3.63) is 136 Å². The summed E-state index contributed by atoms with van der Waals surface area (Å²) in [6.45, 7) is 3.79. The summed E-state index contributed by atoms with van der Waals surface area (Å²) < 4.78 is 5.72. The van der Waals surface area contributed by atoms with Gasteiger partial charge in [0, 0.05) is 11.1 Å². The van der Waals surface area contributed by atoms with Gasteiger partial charge in [0.15, 0.2) is 6.10 Å². The number of carbonyl (C=O) groups is 4. The first-order valence-electron chi connectivity index (χ1n) is 11.8. The molecule has 0 N–H and O–H groups in total. The van der Waals surface area contributed by atoms with Crippen LogP contribution in [0.25, 0.3) is 0 Å². The third-order valence-corrected chi connectivity index (χ3v) is 6.28. The topological polar surface area (TPSA) is 80.8 Å². The molecule has 1 atom stereocenters. The molecule has 0 aromatic heterocycles. The van der Waals surface area contributed by atoms with Crippen molar-refractivity contribution in [1.29, 1.82) is 0 Å². The molecule has 0 radical (unpaired) electrons. The number of rotatable bonds is 6. The van der Waals surface area contributed by atoms with Crippen LogP contribution >= 0.6 is 0 Å². The molecule has 1 aliphatic rings. The summed E-state index contributed by atoms with van der Waals surface area (Å²) in [6.07, 6.45) is -1.18. The molecule has 5 rings (SSSR count). The maximum Gasteiger partial charge on any atom is 0.339 e. The van der Waals surface area contributed by atoms with Crippen LogP contribution in [0.2, 0.25) is 0 Å². The van der Waals surface area contributed by atoms with E-state index in [9.17, 15) is 19.2 Å². The Kier molecular flexibility index (Phi) is 6.24. The molecule has 0 spiro atoms. The Hall–Kier alpha value is -4.84. The standard InChI is InChI=1S/C31H23NO5/c1-19-11-13-21(14-12-19)27(33)28(22-8-4-3-5-9-22)37-31(36)23-15-16-25-26(18-23)30(35)32(29(25)34)24-10-6-7-20(2)17-24/h3-18,28H,1-2H3/t28-/m0/s1. The maximum atomic E-state index is 13.4. The number of Topliss-reactive ketones (excluding diaryl/α,β-unsaturated/α-hetero) is 1. The highest BCUT2D eigenvalue weighted by Crippen LogP contribution is 2.31. The third-order valence-electron chi connectivity index (χ3n) is 6.28. The van der Waals surface area contributed by atoms with Gasteiger partial charge < -0.3 is 4.74 Å². The van der Waals surface area contributed by atoms with Gasteiger partial charge in [-0.15, -0.1) is 0 Å². The average Bonchev–Trinajstić information content (AvgIpc) is 3.16. The van der Waals surface area contributed by atoms with Crippen molar-refractivity contribution in [3.63, 3.8) is 0 Å². The summed E-state index contributed by atoms with van der Waals surface area (Å²) in [5, 5.41) is 0. The smallest absolute Gasteiger partial charge is 0.339 e. The maximum absolute atomic E-state index is 13.4. The van der Waals surface area contributed by atoms with Crippen LogP contribution in [-0.2, 0) is 4.74 Å². The van der Waals surface area contributed by atoms with E-state index in [2.05, 4.69) is 0 Å². The van der Waals surface area contributed by atoms with E-state index in [-0.39, 0.29) is 22.5 Å². The normalized spacial score (nSPS) is 13.3. The molecule has 0 bridgehead atoms. The zero-order valence-electron chi connectivity index (χ0n) is 20.3. The molecule has 0 saturated heterocycles. The number of fused-ring (bicyclic) bond motifs is 1. The molecule has 2 amide bonds. The number of aryl methyl sites for hydroxylation is 2. The van der Waals surface area contributed by atoms with Gasteiger partial charge in [0.2, 0.25) is 5.78 Å². The van der Waals surface area contributed by atoms with Crippen molar-refractivity contribution in [1.82, 2.24) is 0 Å². The summed E-state index contributed by atoms with van der Waals surface area (Å²) in [6, 6.07) is 27.1. The van der Waals surface area contributed by atoms with Gasteiger partial charge in [0.1, 0.15) is 0 Å². The number of imide groups is 1. The van der Waals surface area contributed by atoms with E-state index >= 15 is 0 Å². The monoisotopic (exact) mass is 489 g/mol. The lowest BCUT2D eigenvalue weighted by Gasteiger charge is -2.18. The van der Waals surface area contributed by atoms with Crippen LogP contribution < -0.4 is 4.90 Å². The number of anilines is 1. The first-order chi connectivity index (χ1) is 17.8. The molecule has 182 valence electrons. The summed E-state index contributed by atoms with van der Waals surface area (Å²) in [4.78, 5) is 53.8. The van der Waals surface area contributed by atoms with Crippen LogP contribution in [-0.4, -0.2) is 23.6 Å². The van der Waals surface area contributed by atoms with Gasteiger partial charge >= 0.3 is 5.97 Å². The Morgan fingerprint density at radius 3 is 2.05 bits per heavy atom. The van der Waals surface area contributed by atoms with Gasteiger partial charge in [-0.25, -0.2) is 9.69 Å². The fourth-order valence-corrected chi connectivity index (χ4v) is 4.31. The van der Waals surface area contributed by atoms with E-state index in [0.717, 1.165) is 16.0 Å². The fraction of sp³-hybridized carbons (Fsp3) is 0.0968. The van der Waals surface area contributed by atoms with Crippen LogP contribution in [0.4, 0.5) is 5.69 Å². The summed E-state index contributed by atoms with van der Waals surface area (Å²) in [5.74, 6) is -2.11.